The van der Waals surface area contributed by atoms with Crippen molar-refractivity contribution in [2.45, 2.75) is 6.92 Å². The van der Waals surface area contributed by atoms with Crippen LogP contribution in [0.4, 0.5) is 5.95 Å². The Labute approximate surface area is 174 Å². The van der Waals surface area contributed by atoms with E-state index in [1.807, 2.05) is 67.6 Å². The Kier molecular flexibility index (Phi) is 5.39. The number of phenols is 2. The van der Waals surface area contributed by atoms with E-state index in [0.29, 0.717) is 11.5 Å². The van der Waals surface area contributed by atoms with E-state index in [0.717, 1.165) is 22.5 Å². The van der Waals surface area contributed by atoms with Gasteiger partial charge in [0.05, 0.1) is 17.6 Å². The molecule has 0 saturated heterocycles. The van der Waals surface area contributed by atoms with Gasteiger partial charge in [0.25, 0.3) is 0 Å². The molecule has 0 fully saturated rings. The van der Waals surface area contributed by atoms with Crippen LogP contribution >= 0.6 is 0 Å². The average molecular weight is 396 g/mol. The molecule has 0 bridgehead atoms. The quantitative estimate of drug-likeness (QED) is 0.327. The lowest BCUT2D eigenvalue weighted by Gasteiger charge is -2.09. The predicted molar refractivity (Wildman–Crippen MR) is 119 cm³/mol. The molecule has 3 N–H and O–H groups in total. The van der Waals surface area contributed by atoms with Gasteiger partial charge in [0, 0.05) is 22.8 Å². The van der Waals surface area contributed by atoms with Gasteiger partial charge in [-0.1, -0.05) is 60.2 Å². The number of nitrogens with zero attached hydrogens (tertiary/aromatic N) is 3. The molecule has 148 valence electrons. The molecule has 0 radical (unpaired) electrons. The van der Waals surface area contributed by atoms with Crippen molar-refractivity contribution < 1.29 is 10.2 Å². The first-order chi connectivity index (χ1) is 14.6. The summed E-state index contributed by atoms with van der Waals surface area (Å²) in [6, 6.07) is 24.2. The fraction of sp³-hybridized carbons (Fsp3) is 0.0417. The lowest BCUT2D eigenvalue weighted by Crippen LogP contribution is -2.00. The largest absolute Gasteiger partial charge is 0.508 e. The molecule has 4 aromatic rings. The minimum Gasteiger partial charge on any atom is -0.508 e. The van der Waals surface area contributed by atoms with Crippen LogP contribution in [-0.4, -0.2) is 26.4 Å². The second-order valence-corrected chi connectivity index (χ2v) is 6.81. The Morgan fingerprint density at radius 3 is 2.13 bits per heavy atom. The summed E-state index contributed by atoms with van der Waals surface area (Å²) in [4.78, 5) is 9.16. The van der Waals surface area contributed by atoms with Crippen LogP contribution < -0.4 is 5.43 Å². The predicted octanol–water partition coefficient (Wildman–Crippen LogP) is 4.98. The van der Waals surface area contributed by atoms with Gasteiger partial charge in [-0.15, -0.1) is 0 Å². The fourth-order valence-corrected chi connectivity index (χ4v) is 2.93. The van der Waals surface area contributed by atoms with Crippen molar-refractivity contribution in [2.75, 3.05) is 5.43 Å². The van der Waals surface area contributed by atoms with Crippen molar-refractivity contribution >= 4 is 12.2 Å². The zero-order chi connectivity index (χ0) is 20.9. The first-order valence-electron chi connectivity index (χ1n) is 9.41. The zero-order valence-corrected chi connectivity index (χ0v) is 16.3. The number of aromatic hydroxyl groups is 2. The molecule has 30 heavy (non-hydrogen) atoms. The maximum Gasteiger partial charge on any atom is 0.244 e. The van der Waals surface area contributed by atoms with Gasteiger partial charge < -0.3 is 10.2 Å². The van der Waals surface area contributed by atoms with E-state index >= 15 is 0 Å². The van der Waals surface area contributed by atoms with Gasteiger partial charge in [-0.25, -0.2) is 15.4 Å². The number of hydrogen-bond donors (Lipinski definition) is 3. The number of phenolic OH excluding ortho intramolecular Hbond substituents is 2. The summed E-state index contributed by atoms with van der Waals surface area (Å²) in [5.74, 6) is 0.250. The molecule has 0 unspecified atom stereocenters. The highest BCUT2D eigenvalue weighted by Gasteiger charge is 2.08. The topological polar surface area (TPSA) is 90.6 Å². The third-order valence-corrected chi connectivity index (χ3v) is 4.53. The van der Waals surface area contributed by atoms with E-state index < -0.39 is 0 Å². The molecule has 3 aromatic carbocycles. The molecule has 6 nitrogen and oxygen atoms in total. The number of rotatable bonds is 5. The van der Waals surface area contributed by atoms with Crippen molar-refractivity contribution in [1.29, 1.82) is 0 Å². The van der Waals surface area contributed by atoms with Crippen LogP contribution in [0.2, 0.25) is 0 Å². The molecule has 6 heteroatoms. The molecule has 0 aliphatic heterocycles. The monoisotopic (exact) mass is 396 g/mol. The van der Waals surface area contributed by atoms with E-state index in [9.17, 15) is 10.2 Å². The Morgan fingerprint density at radius 2 is 1.47 bits per heavy atom. The van der Waals surface area contributed by atoms with Gasteiger partial charge >= 0.3 is 0 Å². The van der Waals surface area contributed by atoms with E-state index in [1.165, 1.54) is 23.9 Å². The third kappa shape index (κ3) is 4.44. The summed E-state index contributed by atoms with van der Waals surface area (Å²) in [6.07, 6.45) is 1.44. The minimum absolute atomic E-state index is 0.0146. The van der Waals surface area contributed by atoms with Crippen molar-refractivity contribution in [1.82, 2.24) is 9.97 Å². The number of nitrogens with one attached hydrogen (secondary N) is 1. The summed E-state index contributed by atoms with van der Waals surface area (Å²) >= 11 is 0. The first-order valence-corrected chi connectivity index (χ1v) is 9.41. The highest BCUT2D eigenvalue weighted by atomic mass is 16.3. The molecular formula is C24H20N4O2. The normalized spacial score (nSPS) is 11.0. The number of anilines is 1. The number of aromatic nitrogens is 2. The maximum atomic E-state index is 9.89. The van der Waals surface area contributed by atoms with Crippen LogP contribution in [0.25, 0.3) is 22.5 Å². The highest BCUT2D eigenvalue weighted by Crippen LogP contribution is 2.26. The lowest BCUT2D eigenvalue weighted by molar-refractivity contribution is 0.450. The lowest BCUT2D eigenvalue weighted by atomic mass is 10.1. The van der Waals surface area contributed by atoms with Crippen molar-refractivity contribution in [2.24, 2.45) is 5.10 Å². The molecule has 1 aromatic heterocycles. The Balaban J connectivity index is 1.68. The van der Waals surface area contributed by atoms with Crippen LogP contribution in [0.5, 0.6) is 11.5 Å². The molecule has 1 heterocycles. The molecule has 0 aliphatic rings. The first kappa shape index (κ1) is 19.1. The summed E-state index contributed by atoms with van der Waals surface area (Å²) in [6.45, 7) is 2.04. The van der Waals surface area contributed by atoms with Gasteiger partial charge in [0.2, 0.25) is 5.95 Å². The molecule has 0 amide bonds. The summed E-state index contributed by atoms with van der Waals surface area (Å²) in [5.41, 5.74) is 7.96. The Bertz CT molecular complexity index is 1190. The molecule has 0 saturated carbocycles. The summed E-state index contributed by atoms with van der Waals surface area (Å²) in [5, 5.41) is 23.4. The SMILES string of the molecule is Cc1ccc(-c2cc(-c3ccccc3)nc(NN=Cc3ccc(O)cc3O)n2)cc1. The van der Waals surface area contributed by atoms with Crippen LogP contribution in [-0.2, 0) is 0 Å². The summed E-state index contributed by atoms with van der Waals surface area (Å²) in [7, 11) is 0. The maximum absolute atomic E-state index is 9.89. The van der Waals surface area contributed by atoms with Crippen molar-refractivity contribution in [3.63, 3.8) is 0 Å². The van der Waals surface area contributed by atoms with Gasteiger partial charge in [-0.2, -0.15) is 5.10 Å². The number of aryl methyl sites for hydroxylation is 1. The standard InChI is InChI=1S/C24H20N4O2/c1-16-7-9-18(10-8-16)22-14-21(17-5-3-2-4-6-17)26-24(27-22)28-25-15-19-11-12-20(29)13-23(19)30/h2-15,29-30H,1H3,(H,26,27,28). The molecular weight excluding hydrogens is 376 g/mol. The molecule has 0 spiro atoms. The molecule has 0 atom stereocenters. The van der Waals surface area contributed by atoms with Crippen LogP contribution in [0.1, 0.15) is 11.1 Å². The van der Waals surface area contributed by atoms with Gasteiger partial charge in [-0.05, 0) is 25.1 Å². The van der Waals surface area contributed by atoms with Crippen LogP contribution in [0.3, 0.4) is 0 Å². The van der Waals surface area contributed by atoms with E-state index in [4.69, 9.17) is 0 Å². The van der Waals surface area contributed by atoms with E-state index in [-0.39, 0.29) is 11.5 Å². The zero-order valence-electron chi connectivity index (χ0n) is 16.3. The van der Waals surface area contributed by atoms with Crippen LogP contribution in [0.15, 0.2) is 84.0 Å². The van der Waals surface area contributed by atoms with Gasteiger partial charge in [0.15, 0.2) is 0 Å². The summed E-state index contributed by atoms with van der Waals surface area (Å²) < 4.78 is 0. The second-order valence-electron chi connectivity index (χ2n) is 6.81. The smallest absolute Gasteiger partial charge is 0.244 e. The van der Waals surface area contributed by atoms with Gasteiger partial charge in [0.1, 0.15) is 11.5 Å². The number of hydrogen-bond acceptors (Lipinski definition) is 6. The fourth-order valence-electron chi connectivity index (χ4n) is 2.93. The molecule has 0 aliphatic carbocycles. The molecule has 4 rings (SSSR count). The second kappa shape index (κ2) is 8.45. The van der Waals surface area contributed by atoms with Crippen molar-refractivity contribution in [3.05, 3.63) is 90.0 Å². The number of hydrazone groups is 1. The van der Waals surface area contributed by atoms with Crippen molar-refractivity contribution in [3.8, 4) is 34.0 Å². The highest BCUT2D eigenvalue weighted by molar-refractivity contribution is 5.84. The van der Waals surface area contributed by atoms with E-state index in [1.54, 1.807) is 6.07 Å². The Morgan fingerprint density at radius 1 is 0.800 bits per heavy atom. The number of benzene rings is 3. The minimum atomic E-state index is -0.0696. The Hall–Kier alpha value is -4.19. The van der Waals surface area contributed by atoms with Crippen LogP contribution in [0, 0.1) is 6.92 Å². The third-order valence-electron chi connectivity index (χ3n) is 4.53. The van der Waals surface area contributed by atoms with E-state index in [2.05, 4.69) is 20.5 Å². The van der Waals surface area contributed by atoms with Gasteiger partial charge in [-0.3, -0.25) is 0 Å². The average Bonchev–Trinajstić information content (AvgIpc) is 2.76.